The number of benzene rings is 1. The molecule has 2 heterocycles. The second kappa shape index (κ2) is 8.77. The summed E-state index contributed by atoms with van der Waals surface area (Å²) in [5, 5.41) is 2.69. The van der Waals surface area contributed by atoms with Crippen molar-refractivity contribution < 1.29 is 22.0 Å². The van der Waals surface area contributed by atoms with E-state index >= 15 is 0 Å². The Morgan fingerprint density at radius 2 is 2.00 bits per heavy atom. The Hall–Kier alpha value is -3.04. The number of sulfonamides is 1. The maximum atomic E-state index is 13.1. The molecule has 7 nitrogen and oxygen atoms in total. The standard InChI is InChI=1S/C19H18FN3O4S/c20-15-3-1-4-16(11-15)28(25,26)23-9-8-19(24)22-13-14-6-7-17(21-12-14)18-5-2-10-27-18/h1-7,10-12,23H,8-9,13H2,(H,22,24). The third-order valence-corrected chi connectivity index (χ3v) is 5.30. The first-order valence-corrected chi connectivity index (χ1v) is 9.93. The van der Waals surface area contributed by atoms with Crippen molar-refractivity contribution in [2.75, 3.05) is 6.54 Å². The molecule has 2 N–H and O–H groups in total. The van der Waals surface area contributed by atoms with E-state index in [-0.39, 0.29) is 30.3 Å². The van der Waals surface area contributed by atoms with Crippen molar-refractivity contribution in [1.29, 1.82) is 0 Å². The average Bonchev–Trinajstić information content (AvgIpc) is 3.21. The van der Waals surface area contributed by atoms with Gasteiger partial charge in [-0.3, -0.25) is 9.78 Å². The van der Waals surface area contributed by atoms with Crippen molar-refractivity contribution in [3.8, 4) is 11.5 Å². The van der Waals surface area contributed by atoms with Crippen LogP contribution < -0.4 is 10.0 Å². The molecule has 0 fully saturated rings. The first-order chi connectivity index (χ1) is 13.4. The molecular weight excluding hydrogens is 385 g/mol. The molecule has 0 atom stereocenters. The third kappa shape index (κ3) is 5.24. The minimum absolute atomic E-state index is 0.0492. The number of carbonyl (C=O) groups excluding carboxylic acids is 1. The van der Waals surface area contributed by atoms with E-state index in [0.29, 0.717) is 11.5 Å². The van der Waals surface area contributed by atoms with Crippen LogP contribution in [-0.2, 0) is 21.4 Å². The van der Waals surface area contributed by atoms with Crippen LogP contribution in [0.2, 0.25) is 0 Å². The molecule has 3 aromatic rings. The lowest BCUT2D eigenvalue weighted by Crippen LogP contribution is -2.30. The molecule has 0 aliphatic carbocycles. The van der Waals surface area contributed by atoms with Crippen LogP contribution in [0.15, 0.2) is 70.3 Å². The summed E-state index contributed by atoms with van der Waals surface area (Å²) in [6.07, 6.45) is 3.14. The molecule has 0 spiro atoms. The molecule has 0 radical (unpaired) electrons. The van der Waals surface area contributed by atoms with Gasteiger partial charge in [-0.25, -0.2) is 17.5 Å². The predicted molar refractivity (Wildman–Crippen MR) is 100.0 cm³/mol. The summed E-state index contributed by atoms with van der Waals surface area (Å²) >= 11 is 0. The lowest BCUT2D eigenvalue weighted by molar-refractivity contribution is -0.121. The van der Waals surface area contributed by atoms with Crippen molar-refractivity contribution in [3.05, 3.63) is 72.4 Å². The number of hydrogen-bond donors (Lipinski definition) is 2. The molecule has 28 heavy (non-hydrogen) atoms. The predicted octanol–water partition coefficient (Wildman–Crippen LogP) is 2.47. The van der Waals surface area contributed by atoms with Gasteiger partial charge in [0.25, 0.3) is 0 Å². The molecule has 9 heteroatoms. The zero-order valence-corrected chi connectivity index (χ0v) is 15.6. The van der Waals surface area contributed by atoms with Gasteiger partial charge in [0.05, 0.1) is 11.2 Å². The molecule has 1 aromatic carbocycles. The fraction of sp³-hybridized carbons (Fsp3) is 0.158. The lowest BCUT2D eigenvalue weighted by Gasteiger charge is -2.08. The van der Waals surface area contributed by atoms with Crippen LogP contribution in [0.25, 0.3) is 11.5 Å². The topological polar surface area (TPSA) is 101 Å². The molecule has 0 aliphatic rings. The van der Waals surface area contributed by atoms with Crippen molar-refractivity contribution in [2.45, 2.75) is 17.9 Å². The van der Waals surface area contributed by atoms with Crippen LogP contribution >= 0.6 is 0 Å². The maximum Gasteiger partial charge on any atom is 0.240 e. The fourth-order valence-electron chi connectivity index (χ4n) is 2.40. The zero-order chi connectivity index (χ0) is 20.0. The second-order valence-corrected chi connectivity index (χ2v) is 7.68. The smallest absolute Gasteiger partial charge is 0.240 e. The van der Waals surface area contributed by atoms with Crippen LogP contribution in [0.4, 0.5) is 4.39 Å². The molecule has 146 valence electrons. The van der Waals surface area contributed by atoms with Gasteiger partial charge in [0.1, 0.15) is 11.5 Å². The van der Waals surface area contributed by atoms with E-state index in [1.54, 1.807) is 30.7 Å². The molecule has 0 aliphatic heterocycles. The van der Waals surface area contributed by atoms with Crippen LogP contribution in [-0.4, -0.2) is 25.9 Å². The van der Waals surface area contributed by atoms with E-state index in [1.165, 1.54) is 12.1 Å². The molecule has 1 amide bonds. The fourth-order valence-corrected chi connectivity index (χ4v) is 3.47. The van der Waals surface area contributed by atoms with Crippen molar-refractivity contribution in [3.63, 3.8) is 0 Å². The van der Waals surface area contributed by atoms with Gasteiger partial charge in [-0.15, -0.1) is 0 Å². The lowest BCUT2D eigenvalue weighted by atomic mass is 10.2. The first-order valence-electron chi connectivity index (χ1n) is 8.45. The Labute approximate surface area is 161 Å². The summed E-state index contributed by atoms with van der Waals surface area (Å²) in [6, 6.07) is 11.8. The highest BCUT2D eigenvalue weighted by molar-refractivity contribution is 7.89. The highest BCUT2D eigenvalue weighted by atomic mass is 32.2. The van der Waals surface area contributed by atoms with E-state index in [2.05, 4.69) is 15.0 Å². The number of nitrogens with one attached hydrogen (secondary N) is 2. The van der Waals surface area contributed by atoms with E-state index in [0.717, 1.165) is 17.7 Å². The molecule has 0 saturated heterocycles. The number of furan rings is 1. The molecular formula is C19H18FN3O4S. The maximum absolute atomic E-state index is 13.1. The Kier molecular flexibility index (Phi) is 6.17. The minimum Gasteiger partial charge on any atom is -0.463 e. The van der Waals surface area contributed by atoms with Crippen molar-refractivity contribution >= 4 is 15.9 Å². The molecule has 3 rings (SSSR count). The van der Waals surface area contributed by atoms with Gasteiger partial charge >= 0.3 is 0 Å². The van der Waals surface area contributed by atoms with E-state index < -0.39 is 15.8 Å². The van der Waals surface area contributed by atoms with Crippen molar-refractivity contribution in [2.24, 2.45) is 0 Å². The summed E-state index contributed by atoms with van der Waals surface area (Å²) in [4.78, 5) is 16.0. The van der Waals surface area contributed by atoms with Crippen LogP contribution in [0.3, 0.4) is 0 Å². The molecule has 0 unspecified atom stereocenters. The number of pyridine rings is 1. The minimum atomic E-state index is -3.86. The Morgan fingerprint density at radius 1 is 1.14 bits per heavy atom. The van der Waals surface area contributed by atoms with Gasteiger partial charge in [0.2, 0.25) is 15.9 Å². The normalized spacial score (nSPS) is 11.3. The third-order valence-electron chi connectivity index (χ3n) is 3.84. The number of halogens is 1. The number of amides is 1. The summed E-state index contributed by atoms with van der Waals surface area (Å²) in [5.41, 5.74) is 1.48. The monoisotopic (exact) mass is 403 g/mol. The summed E-state index contributed by atoms with van der Waals surface area (Å²) in [7, 11) is -3.86. The molecule has 2 aromatic heterocycles. The van der Waals surface area contributed by atoms with Crippen LogP contribution in [0, 0.1) is 5.82 Å². The number of hydrogen-bond acceptors (Lipinski definition) is 5. The number of aromatic nitrogens is 1. The van der Waals surface area contributed by atoms with Gasteiger partial charge in [-0.05, 0) is 42.0 Å². The second-order valence-electron chi connectivity index (χ2n) is 5.91. The van der Waals surface area contributed by atoms with E-state index in [1.807, 2.05) is 6.07 Å². The van der Waals surface area contributed by atoms with Crippen molar-refractivity contribution in [1.82, 2.24) is 15.0 Å². The Morgan fingerprint density at radius 3 is 2.68 bits per heavy atom. The number of nitrogens with zero attached hydrogens (tertiary/aromatic N) is 1. The van der Waals surface area contributed by atoms with Gasteiger partial charge in [0.15, 0.2) is 5.76 Å². The Balaban J connectivity index is 1.44. The summed E-state index contributed by atoms with van der Waals surface area (Å²) in [5.74, 6) is -0.314. The average molecular weight is 403 g/mol. The van der Waals surface area contributed by atoms with Crippen LogP contribution in [0.5, 0.6) is 0 Å². The quantitative estimate of drug-likeness (QED) is 0.602. The molecule has 0 bridgehead atoms. The summed E-state index contributed by atoms with van der Waals surface area (Å²) < 4.78 is 44.8. The largest absolute Gasteiger partial charge is 0.463 e. The number of carbonyl (C=O) groups is 1. The SMILES string of the molecule is O=C(CCNS(=O)(=O)c1cccc(F)c1)NCc1ccc(-c2ccco2)nc1. The zero-order valence-electron chi connectivity index (χ0n) is 14.8. The highest BCUT2D eigenvalue weighted by Crippen LogP contribution is 2.17. The molecule has 0 saturated carbocycles. The van der Waals surface area contributed by atoms with Gasteiger partial charge in [-0.2, -0.15) is 0 Å². The van der Waals surface area contributed by atoms with Gasteiger partial charge in [0, 0.05) is 25.7 Å². The Bertz CT molecular complexity index is 1040. The van der Waals surface area contributed by atoms with Gasteiger partial charge < -0.3 is 9.73 Å². The van der Waals surface area contributed by atoms with E-state index in [4.69, 9.17) is 4.42 Å². The van der Waals surface area contributed by atoms with E-state index in [9.17, 15) is 17.6 Å². The summed E-state index contributed by atoms with van der Waals surface area (Å²) in [6.45, 7) is 0.168. The number of rotatable bonds is 8. The highest BCUT2D eigenvalue weighted by Gasteiger charge is 2.14. The van der Waals surface area contributed by atoms with Crippen LogP contribution in [0.1, 0.15) is 12.0 Å². The first kappa shape index (κ1) is 19.7. The van der Waals surface area contributed by atoms with Gasteiger partial charge in [-0.1, -0.05) is 12.1 Å².